The zero-order valence-electron chi connectivity index (χ0n) is 21.5. The third-order valence-corrected chi connectivity index (χ3v) is 8.18. The van der Waals surface area contributed by atoms with Crippen LogP contribution in [0.2, 0.25) is 5.02 Å². The van der Waals surface area contributed by atoms with Crippen molar-refractivity contribution in [3.05, 3.63) is 71.2 Å². The van der Waals surface area contributed by atoms with E-state index in [9.17, 15) is 8.42 Å². The average Bonchev–Trinajstić information content (AvgIpc) is 3.31. The monoisotopic (exact) mass is 558 g/mol. The minimum atomic E-state index is -3.89. The van der Waals surface area contributed by atoms with E-state index in [4.69, 9.17) is 25.8 Å². The van der Waals surface area contributed by atoms with E-state index in [1.165, 1.54) is 40.6 Å². The van der Waals surface area contributed by atoms with E-state index in [0.717, 1.165) is 5.69 Å². The van der Waals surface area contributed by atoms with Gasteiger partial charge in [-0.2, -0.15) is 0 Å². The largest absolute Gasteiger partial charge is 0.494 e. The summed E-state index contributed by atoms with van der Waals surface area (Å²) in [6.45, 7) is 3.39. The van der Waals surface area contributed by atoms with Crippen LogP contribution in [0.1, 0.15) is 30.4 Å². The van der Waals surface area contributed by atoms with Gasteiger partial charge in [0, 0.05) is 25.2 Å². The molecule has 0 N–H and O–H groups in total. The number of sulfone groups is 1. The van der Waals surface area contributed by atoms with Crippen molar-refractivity contribution in [1.82, 2.24) is 29.7 Å². The molecule has 200 valence electrons. The highest BCUT2D eigenvalue weighted by Gasteiger charge is 2.35. The summed E-state index contributed by atoms with van der Waals surface area (Å²) in [6, 6.07) is 10.7. The lowest BCUT2D eigenvalue weighted by Gasteiger charge is -2.22. The number of benzene rings is 1. The van der Waals surface area contributed by atoms with Gasteiger partial charge in [0.25, 0.3) is 0 Å². The molecule has 0 aliphatic rings. The van der Waals surface area contributed by atoms with Crippen LogP contribution in [0.5, 0.6) is 11.5 Å². The fourth-order valence-electron chi connectivity index (χ4n) is 4.01. The fraction of sp³-hybridized carbons (Fsp3) is 0.320. The van der Waals surface area contributed by atoms with Crippen LogP contribution in [0.25, 0.3) is 17.2 Å². The first kappa shape index (κ1) is 27.4. The number of aromatic nitrogens is 6. The Bertz CT molecular complexity index is 1510. The molecule has 0 amide bonds. The first-order chi connectivity index (χ1) is 18.2. The van der Waals surface area contributed by atoms with Gasteiger partial charge in [-0.15, -0.1) is 10.2 Å². The maximum Gasteiger partial charge on any atom is 0.187 e. The number of nitrogens with zero attached hydrogens (tertiary/aromatic N) is 6. The average molecular weight is 559 g/mol. The van der Waals surface area contributed by atoms with Gasteiger partial charge < -0.3 is 14.2 Å². The molecule has 38 heavy (non-hydrogen) atoms. The molecule has 4 aromatic rings. The highest BCUT2D eigenvalue weighted by atomic mass is 35.5. The van der Waals surface area contributed by atoms with E-state index >= 15 is 0 Å². The molecule has 4 rings (SSSR count). The summed E-state index contributed by atoms with van der Waals surface area (Å²) < 4.78 is 45.7. The Morgan fingerprint density at radius 1 is 0.974 bits per heavy atom. The standard InChI is InChI=1S/C25H27ClN6O5S/c1-15-8-6-9-18(29-15)25-31-30-21(32(25)22-19(35-3)10-7-11-20(22)36-4)14-38(33,34)16(2)23(37-5)24-27-12-17(26)13-28-24/h6-13,16,23H,14H2,1-5H3/t16-,23-/m0/s1. The molecule has 0 saturated heterocycles. The molecule has 2 atom stereocenters. The van der Waals surface area contributed by atoms with E-state index in [1.807, 2.05) is 19.1 Å². The highest BCUT2D eigenvalue weighted by molar-refractivity contribution is 7.91. The summed E-state index contributed by atoms with van der Waals surface area (Å²) >= 11 is 5.90. The number of rotatable bonds is 10. The van der Waals surface area contributed by atoms with E-state index in [2.05, 4.69) is 25.1 Å². The van der Waals surface area contributed by atoms with Crippen molar-refractivity contribution in [2.75, 3.05) is 21.3 Å². The van der Waals surface area contributed by atoms with Crippen LogP contribution >= 0.6 is 11.6 Å². The molecule has 0 unspecified atom stereocenters. The molecule has 0 aliphatic carbocycles. The van der Waals surface area contributed by atoms with Crippen molar-refractivity contribution in [2.45, 2.75) is 31.0 Å². The third-order valence-electron chi connectivity index (χ3n) is 5.94. The Kier molecular flexibility index (Phi) is 8.24. The van der Waals surface area contributed by atoms with Crippen molar-refractivity contribution in [2.24, 2.45) is 0 Å². The Labute approximate surface area is 225 Å². The molecule has 1 aromatic carbocycles. The predicted molar refractivity (Wildman–Crippen MR) is 141 cm³/mol. The van der Waals surface area contributed by atoms with Crippen LogP contribution in [-0.2, 0) is 20.3 Å². The minimum absolute atomic E-state index is 0.143. The summed E-state index contributed by atoms with van der Waals surface area (Å²) in [5.41, 5.74) is 1.72. The Morgan fingerprint density at radius 3 is 2.18 bits per heavy atom. The van der Waals surface area contributed by atoms with Gasteiger partial charge in [-0.1, -0.05) is 23.7 Å². The normalized spacial score (nSPS) is 13.2. The van der Waals surface area contributed by atoms with Crippen LogP contribution in [0.3, 0.4) is 0 Å². The highest BCUT2D eigenvalue weighted by Crippen LogP contribution is 2.37. The SMILES string of the molecule is COc1cccc(OC)c1-n1c(CS(=O)(=O)[C@@H](C)[C@H](OC)c2ncc(Cl)cn2)nnc1-c1cccc(C)n1. The summed E-state index contributed by atoms with van der Waals surface area (Å²) in [5, 5.41) is 7.92. The van der Waals surface area contributed by atoms with E-state index in [-0.39, 0.29) is 11.6 Å². The van der Waals surface area contributed by atoms with Crippen LogP contribution in [-0.4, -0.2) is 64.7 Å². The summed E-state index contributed by atoms with van der Waals surface area (Å²) in [6.07, 6.45) is 1.84. The third kappa shape index (κ3) is 5.47. The molecule has 0 spiro atoms. The lowest BCUT2D eigenvalue weighted by molar-refractivity contribution is 0.0948. The summed E-state index contributed by atoms with van der Waals surface area (Å²) in [7, 11) is 0.538. The Hall–Kier alpha value is -3.61. The second-order valence-corrected chi connectivity index (χ2v) is 11.2. The van der Waals surface area contributed by atoms with Gasteiger partial charge in [0.2, 0.25) is 0 Å². The zero-order valence-corrected chi connectivity index (χ0v) is 23.1. The van der Waals surface area contributed by atoms with Gasteiger partial charge in [-0.05, 0) is 38.1 Å². The summed E-state index contributed by atoms with van der Waals surface area (Å²) in [4.78, 5) is 12.9. The Balaban J connectivity index is 1.84. The number of para-hydroxylation sites is 1. The van der Waals surface area contributed by atoms with Crippen molar-refractivity contribution in [1.29, 1.82) is 0 Å². The molecule has 0 saturated carbocycles. The molecule has 11 nitrogen and oxygen atoms in total. The zero-order chi connectivity index (χ0) is 27.4. The second-order valence-electron chi connectivity index (χ2n) is 8.38. The van der Waals surface area contributed by atoms with Crippen LogP contribution in [0, 0.1) is 6.92 Å². The first-order valence-corrected chi connectivity index (χ1v) is 13.6. The van der Waals surface area contributed by atoms with E-state index in [1.54, 1.807) is 28.8 Å². The van der Waals surface area contributed by atoms with Crippen LogP contribution in [0.15, 0.2) is 48.8 Å². The molecule has 3 aromatic heterocycles. The molecular weight excluding hydrogens is 532 g/mol. The van der Waals surface area contributed by atoms with Crippen molar-refractivity contribution in [3.63, 3.8) is 0 Å². The molecule has 3 heterocycles. The van der Waals surface area contributed by atoms with Crippen molar-refractivity contribution >= 4 is 21.4 Å². The number of ether oxygens (including phenoxy) is 3. The van der Waals surface area contributed by atoms with Gasteiger partial charge >= 0.3 is 0 Å². The topological polar surface area (TPSA) is 131 Å². The smallest absolute Gasteiger partial charge is 0.187 e. The lowest BCUT2D eigenvalue weighted by Crippen LogP contribution is -2.30. The number of aryl methyl sites for hydroxylation is 1. The summed E-state index contributed by atoms with van der Waals surface area (Å²) in [5.74, 6) is 1.08. The molecule has 13 heteroatoms. The molecule has 0 fully saturated rings. The number of halogens is 1. The van der Waals surface area contributed by atoms with Crippen molar-refractivity contribution in [3.8, 4) is 28.7 Å². The van der Waals surface area contributed by atoms with Gasteiger partial charge in [0.05, 0.1) is 24.5 Å². The number of hydrogen-bond donors (Lipinski definition) is 0. The number of pyridine rings is 1. The quantitative estimate of drug-likeness (QED) is 0.283. The molecular formula is C25H27ClN6O5S. The molecule has 0 aliphatic heterocycles. The van der Waals surface area contributed by atoms with E-state index < -0.39 is 26.9 Å². The van der Waals surface area contributed by atoms with Gasteiger partial charge in [-0.25, -0.2) is 23.4 Å². The predicted octanol–water partition coefficient (Wildman–Crippen LogP) is 3.79. The van der Waals surface area contributed by atoms with Gasteiger partial charge in [0.1, 0.15) is 34.7 Å². The molecule has 0 bridgehead atoms. The number of methoxy groups -OCH3 is 3. The van der Waals surface area contributed by atoms with Crippen LogP contribution < -0.4 is 9.47 Å². The van der Waals surface area contributed by atoms with Crippen molar-refractivity contribution < 1.29 is 22.6 Å². The van der Waals surface area contributed by atoms with E-state index in [0.29, 0.717) is 33.7 Å². The minimum Gasteiger partial charge on any atom is -0.494 e. The maximum atomic E-state index is 13.7. The van der Waals surface area contributed by atoms with Crippen LogP contribution in [0.4, 0.5) is 0 Å². The Morgan fingerprint density at radius 2 is 1.61 bits per heavy atom. The van der Waals surface area contributed by atoms with Gasteiger partial charge in [0.15, 0.2) is 27.3 Å². The lowest BCUT2D eigenvalue weighted by atomic mass is 10.2. The fourth-order valence-corrected chi connectivity index (χ4v) is 5.52. The molecule has 0 radical (unpaired) electrons. The first-order valence-electron chi connectivity index (χ1n) is 11.5. The maximum absolute atomic E-state index is 13.7. The van der Waals surface area contributed by atoms with Gasteiger partial charge in [-0.3, -0.25) is 4.57 Å². The second kappa shape index (κ2) is 11.4. The number of hydrogen-bond acceptors (Lipinski definition) is 10.